The maximum Gasteiger partial charge on any atom is 0.253 e. The van der Waals surface area contributed by atoms with Crippen LogP contribution in [0.2, 0.25) is 0 Å². The Bertz CT molecular complexity index is 835. The number of rotatable bonds is 7. The molecule has 0 saturated heterocycles. The number of carbonyl (C=O) groups excluding carboxylic acids is 1. The maximum absolute atomic E-state index is 12.7. The highest BCUT2D eigenvalue weighted by Crippen LogP contribution is 2.24. The number of carbonyl (C=O) groups is 1. The molecule has 9 heteroatoms. The van der Waals surface area contributed by atoms with Crippen molar-refractivity contribution in [2.24, 2.45) is 5.84 Å². The van der Waals surface area contributed by atoms with Gasteiger partial charge in [-0.1, -0.05) is 0 Å². The summed E-state index contributed by atoms with van der Waals surface area (Å²) in [6.45, 7) is 0.125. The molecule has 0 aliphatic carbocycles. The van der Waals surface area contributed by atoms with Crippen molar-refractivity contribution in [3.05, 3.63) is 53.6 Å². The van der Waals surface area contributed by atoms with Crippen LogP contribution in [0.1, 0.15) is 15.9 Å². The molecule has 2 aromatic rings. The fourth-order valence-electron chi connectivity index (χ4n) is 2.08. The summed E-state index contributed by atoms with van der Waals surface area (Å²) in [5, 5.41) is 21.0. The van der Waals surface area contributed by atoms with E-state index in [0.717, 1.165) is 0 Å². The number of ketones is 1. The monoisotopic (exact) mass is 351 g/mol. The summed E-state index contributed by atoms with van der Waals surface area (Å²) in [5.41, 5.74) is 0.601. The number of phenols is 1. The highest BCUT2D eigenvalue weighted by atomic mass is 32.2. The largest absolute Gasteiger partial charge is 0.508 e. The first-order valence-corrected chi connectivity index (χ1v) is 8.42. The predicted octanol–water partition coefficient (Wildman–Crippen LogP) is 0.179. The first-order valence-electron chi connectivity index (χ1n) is 6.94. The number of nitrogens with two attached hydrogens (primary N) is 1. The number of aliphatic hydroxyl groups excluding tert-OH is 1. The first-order chi connectivity index (χ1) is 11.4. The Morgan fingerprint density at radius 1 is 1.12 bits per heavy atom. The van der Waals surface area contributed by atoms with Gasteiger partial charge >= 0.3 is 0 Å². The molecule has 0 aliphatic rings. The van der Waals surface area contributed by atoms with Gasteiger partial charge in [0.15, 0.2) is 5.78 Å². The molecule has 0 radical (unpaired) electrons. The van der Waals surface area contributed by atoms with Gasteiger partial charge in [-0.05, 0) is 42.5 Å². The molecule has 2 rings (SSSR count). The van der Waals surface area contributed by atoms with E-state index in [1.807, 2.05) is 0 Å². The number of aliphatic hydroxyl groups is 1. The lowest BCUT2D eigenvalue weighted by molar-refractivity contribution is 0.103. The fraction of sp³-hybridized carbons (Fsp3) is 0.133. The van der Waals surface area contributed by atoms with Gasteiger partial charge in [0.1, 0.15) is 5.75 Å². The standard InChI is InChI=1S/C15H17N3O5S/c16-18-24(22,23)14-6-3-11(17-7-8-19)9-13(14)15(21)10-1-4-12(20)5-2-10/h1-6,9,17-20H,7-8,16H2. The van der Waals surface area contributed by atoms with Gasteiger partial charge in [-0.2, -0.15) is 4.83 Å². The van der Waals surface area contributed by atoms with Crippen LogP contribution < -0.4 is 16.0 Å². The molecule has 0 fully saturated rings. The molecule has 0 aromatic heterocycles. The minimum absolute atomic E-state index is 0.0126. The molecule has 8 nitrogen and oxygen atoms in total. The average Bonchev–Trinajstić information content (AvgIpc) is 2.59. The van der Waals surface area contributed by atoms with Gasteiger partial charge < -0.3 is 15.5 Å². The van der Waals surface area contributed by atoms with Gasteiger partial charge in [0.25, 0.3) is 10.0 Å². The number of anilines is 1. The summed E-state index contributed by atoms with van der Waals surface area (Å²) in [4.78, 5) is 14.1. The van der Waals surface area contributed by atoms with E-state index in [0.29, 0.717) is 5.69 Å². The van der Waals surface area contributed by atoms with Crippen molar-refractivity contribution in [1.29, 1.82) is 0 Å². The number of sulfonamides is 1. The number of hydrogen-bond acceptors (Lipinski definition) is 7. The lowest BCUT2D eigenvalue weighted by atomic mass is 10.0. The molecule has 0 saturated carbocycles. The minimum Gasteiger partial charge on any atom is -0.508 e. The fourth-order valence-corrected chi connectivity index (χ4v) is 2.90. The van der Waals surface area contributed by atoms with Crippen LogP contribution in [0.25, 0.3) is 0 Å². The quantitative estimate of drug-likeness (QED) is 0.272. The van der Waals surface area contributed by atoms with E-state index in [9.17, 15) is 18.3 Å². The van der Waals surface area contributed by atoms with E-state index in [1.54, 1.807) is 4.83 Å². The molecule has 2 aromatic carbocycles. The third-order valence-electron chi connectivity index (χ3n) is 3.24. The number of benzene rings is 2. The zero-order chi connectivity index (χ0) is 17.7. The zero-order valence-corrected chi connectivity index (χ0v) is 13.4. The molecule has 24 heavy (non-hydrogen) atoms. The molecule has 0 spiro atoms. The predicted molar refractivity (Wildman–Crippen MR) is 88.1 cm³/mol. The highest BCUT2D eigenvalue weighted by molar-refractivity contribution is 7.89. The van der Waals surface area contributed by atoms with Crippen LogP contribution in [0.4, 0.5) is 5.69 Å². The van der Waals surface area contributed by atoms with Crippen molar-refractivity contribution in [1.82, 2.24) is 4.83 Å². The van der Waals surface area contributed by atoms with Crippen LogP contribution in [-0.2, 0) is 10.0 Å². The molecule has 0 aliphatic heterocycles. The molecule has 0 bridgehead atoms. The molecular formula is C15H17N3O5S. The van der Waals surface area contributed by atoms with E-state index in [4.69, 9.17) is 10.9 Å². The van der Waals surface area contributed by atoms with E-state index in [-0.39, 0.29) is 34.9 Å². The summed E-state index contributed by atoms with van der Waals surface area (Å²) in [7, 11) is -4.05. The minimum atomic E-state index is -4.05. The van der Waals surface area contributed by atoms with E-state index >= 15 is 0 Å². The summed E-state index contributed by atoms with van der Waals surface area (Å²) < 4.78 is 24.1. The Kier molecular flexibility index (Phi) is 5.52. The Hall–Kier alpha value is -2.46. The second kappa shape index (κ2) is 7.41. The number of aromatic hydroxyl groups is 1. The third kappa shape index (κ3) is 3.89. The summed E-state index contributed by atoms with van der Waals surface area (Å²) in [6.07, 6.45) is 0. The third-order valence-corrected chi connectivity index (χ3v) is 4.48. The van der Waals surface area contributed by atoms with Crippen LogP contribution in [0.3, 0.4) is 0 Å². The molecule has 0 atom stereocenters. The van der Waals surface area contributed by atoms with E-state index < -0.39 is 15.8 Å². The van der Waals surface area contributed by atoms with Gasteiger partial charge in [0, 0.05) is 23.4 Å². The van der Waals surface area contributed by atoms with Gasteiger partial charge in [-0.3, -0.25) is 10.6 Å². The van der Waals surface area contributed by atoms with E-state index in [1.165, 1.54) is 42.5 Å². The summed E-state index contributed by atoms with van der Waals surface area (Å²) in [5.74, 6) is 4.50. The summed E-state index contributed by atoms with van der Waals surface area (Å²) in [6, 6.07) is 9.52. The van der Waals surface area contributed by atoms with Gasteiger partial charge in [-0.25, -0.2) is 8.42 Å². The Morgan fingerprint density at radius 2 is 1.79 bits per heavy atom. The smallest absolute Gasteiger partial charge is 0.253 e. The first kappa shape index (κ1) is 17.9. The van der Waals surface area contributed by atoms with Crippen molar-refractivity contribution < 1.29 is 23.4 Å². The van der Waals surface area contributed by atoms with E-state index in [2.05, 4.69) is 5.32 Å². The number of phenolic OH excluding ortho intramolecular Hbond substituents is 1. The lowest BCUT2D eigenvalue weighted by Crippen LogP contribution is -2.31. The average molecular weight is 351 g/mol. The van der Waals surface area contributed by atoms with Crippen LogP contribution in [-0.4, -0.2) is 37.6 Å². The van der Waals surface area contributed by atoms with Gasteiger partial charge in [0.05, 0.1) is 11.5 Å². The second-order valence-electron chi connectivity index (χ2n) is 4.86. The maximum atomic E-state index is 12.7. The molecule has 0 amide bonds. The molecule has 6 N–H and O–H groups in total. The summed E-state index contributed by atoms with van der Waals surface area (Å²) >= 11 is 0. The van der Waals surface area contributed by atoms with Gasteiger partial charge in [-0.15, -0.1) is 0 Å². The van der Waals surface area contributed by atoms with Crippen LogP contribution in [0, 0.1) is 0 Å². The van der Waals surface area contributed by atoms with Crippen molar-refractivity contribution >= 4 is 21.5 Å². The lowest BCUT2D eigenvalue weighted by Gasteiger charge is -2.12. The topological polar surface area (TPSA) is 142 Å². The van der Waals surface area contributed by atoms with Crippen molar-refractivity contribution in [2.45, 2.75) is 4.90 Å². The number of hydrazine groups is 1. The normalized spacial score (nSPS) is 11.2. The number of hydrogen-bond donors (Lipinski definition) is 5. The highest BCUT2D eigenvalue weighted by Gasteiger charge is 2.23. The van der Waals surface area contributed by atoms with Crippen LogP contribution in [0.5, 0.6) is 5.75 Å². The van der Waals surface area contributed by atoms with Crippen molar-refractivity contribution in [3.63, 3.8) is 0 Å². The second-order valence-corrected chi connectivity index (χ2v) is 6.54. The van der Waals surface area contributed by atoms with Crippen molar-refractivity contribution in [3.8, 4) is 5.75 Å². The molecule has 0 unspecified atom stereocenters. The zero-order valence-electron chi connectivity index (χ0n) is 12.6. The number of nitrogens with one attached hydrogen (secondary N) is 2. The molecular weight excluding hydrogens is 334 g/mol. The van der Waals surface area contributed by atoms with Gasteiger partial charge in [0.2, 0.25) is 0 Å². The van der Waals surface area contributed by atoms with Crippen LogP contribution in [0.15, 0.2) is 47.4 Å². The Balaban J connectivity index is 2.54. The van der Waals surface area contributed by atoms with Crippen molar-refractivity contribution in [2.75, 3.05) is 18.5 Å². The Labute approximate surface area is 139 Å². The van der Waals surface area contributed by atoms with Crippen LogP contribution >= 0.6 is 0 Å². The SMILES string of the molecule is NNS(=O)(=O)c1ccc(NCCO)cc1C(=O)c1ccc(O)cc1. The Morgan fingerprint density at radius 3 is 2.38 bits per heavy atom. The molecule has 128 valence electrons. The molecule has 0 heterocycles.